The molecule has 6 atom stereocenters. The van der Waals surface area contributed by atoms with Gasteiger partial charge < -0.3 is 0 Å². The fourth-order valence-corrected chi connectivity index (χ4v) is 6.01. The van der Waals surface area contributed by atoms with Crippen LogP contribution in [-0.4, -0.2) is 5.78 Å². The average Bonchev–Trinajstić information content (AvgIpc) is 2.84. The number of allylic oxidation sites excluding steroid dienone is 3. The normalized spacial score (nSPS) is 42.0. The molecule has 21 heavy (non-hydrogen) atoms. The molecule has 0 bridgehead atoms. The highest BCUT2D eigenvalue weighted by atomic mass is 16.1. The first-order valence-electron chi connectivity index (χ1n) is 8.70. The average molecular weight is 286 g/mol. The predicted molar refractivity (Wildman–Crippen MR) is 87.9 cm³/mol. The molecule has 0 amide bonds. The number of rotatable bonds is 4. The van der Waals surface area contributed by atoms with Crippen molar-refractivity contribution in [1.29, 1.82) is 0 Å². The van der Waals surface area contributed by atoms with Crippen LogP contribution in [0.1, 0.15) is 59.8 Å². The van der Waals surface area contributed by atoms with Crippen molar-refractivity contribution in [2.45, 2.75) is 59.8 Å². The van der Waals surface area contributed by atoms with Crippen LogP contribution in [0.5, 0.6) is 0 Å². The van der Waals surface area contributed by atoms with Gasteiger partial charge in [-0.25, -0.2) is 0 Å². The number of fused-ring (bicyclic) bond motifs is 4. The van der Waals surface area contributed by atoms with Crippen molar-refractivity contribution in [3.05, 3.63) is 23.8 Å². The minimum Gasteiger partial charge on any atom is -0.295 e. The van der Waals surface area contributed by atoms with Gasteiger partial charge in [0.25, 0.3) is 0 Å². The Balaban J connectivity index is 1.71. The van der Waals surface area contributed by atoms with E-state index < -0.39 is 0 Å². The summed E-state index contributed by atoms with van der Waals surface area (Å²) in [6, 6.07) is 0. The predicted octanol–water partition coefficient (Wildman–Crippen LogP) is 5.18. The van der Waals surface area contributed by atoms with E-state index in [4.69, 9.17) is 0 Å². The third kappa shape index (κ3) is 2.24. The molecule has 3 rings (SSSR count). The first-order chi connectivity index (χ1) is 9.84. The molecule has 1 nitrogen and oxygen atoms in total. The van der Waals surface area contributed by atoms with Crippen LogP contribution in [0.2, 0.25) is 0 Å². The standard InChI is InChI=1S/C20H30O/c1-12(2)10-15(21)11-14(4)16-8-9-20(5)17-7-6-13(3)18(17)19(16)20/h10,14,16-19H,3,6-9,11H2,1-2,4-5H3/t14?,16-,17-,18+,19-,20+/m1/s1. The molecule has 3 aliphatic rings. The maximum Gasteiger partial charge on any atom is 0.155 e. The number of ketones is 1. The number of carbonyl (C=O) groups excluding carboxylic acids is 1. The Hall–Kier alpha value is -0.850. The lowest BCUT2D eigenvalue weighted by Crippen LogP contribution is -2.52. The molecule has 0 saturated heterocycles. The lowest BCUT2D eigenvalue weighted by atomic mass is 9.47. The molecule has 3 saturated carbocycles. The highest BCUT2D eigenvalue weighted by Gasteiger charge is 2.66. The second kappa shape index (κ2) is 5.11. The van der Waals surface area contributed by atoms with Gasteiger partial charge in [-0.1, -0.05) is 31.6 Å². The van der Waals surface area contributed by atoms with E-state index in [9.17, 15) is 4.79 Å². The second-order valence-corrected chi connectivity index (χ2v) is 8.43. The van der Waals surface area contributed by atoms with Gasteiger partial charge in [0.05, 0.1) is 0 Å². The molecule has 0 spiro atoms. The van der Waals surface area contributed by atoms with E-state index in [1.54, 1.807) is 0 Å². The Labute approximate surface area is 129 Å². The zero-order valence-corrected chi connectivity index (χ0v) is 14.1. The Kier molecular flexibility index (Phi) is 3.66. The highest BCUT2D eigenvalue weighted by Crippen LogP contribution is 2.73. The zero-order chi connectivity index (χ0) is 15.4. The maximum absolute atomic E-state index is 12.1. The minimum atomic E-state index is 0.317. The fraction of sp³-hybridized carbons (Fsp3) is 0.750. The van der Waals surface area contributed by atoms with Crippen LogP contribution in [0.25, 0.3) is 0 Å². The lowest BCUT2D eigenvalue weighted by Gasteiger charge is -2.57. The fourth-order valence-electron chi connectivity index (χ4n) is 6.01. The molecule has 3 aliphatic carbocycles. The van der Waals surface area contributed by atoms with Gasteiger partial charge in [-0.05, 0) is 80.6 Å². The van der Waals surface area contributed by atoms with Crippen molar-refractivity contribution >= 4 is 5.78 Å². The largest absolute Gasteiger partial charge is 0.295 e. The summed E-state index contributed by atoms with van der Waals surface area (Å²) in [5.41, 5.74) is 3.19. The molecular formula is C20H30O. The maximum atomic E-state index is 12.1. The Morgan fingerprint density at radius 3 is 2.81 bits per heavy atom. The first kappa shape index (κ1) is 15.1. The van der Waals surface area contributed by atoms with Gasteiger partial charge in [0.1, 0.15) is 0 Å². The van der Waals surface area contributed by atoms with E-state index in [0.717, 1.165) is 35.7 Å². The summed E-state index contributed by atoms with van der Waals surface area (Å²) in [5.74, 6) is 4.07. The quantitative estimate of drug-likeness (QED) is 0.514. The Morgan fingerprint density at radius 2 is 2.14 bits per heavy atom. The monoisotopic (exact) mass is 286 g/mol. The van der Waals surface area contributed by atoms with Crippen LogP contribution < -0.4 is 0 Å². The molecule has 1 unspecified atom stereocenters. The van der Waals surface area contributed by atoms with Gasteiger partial charge in [0.2, 0.25) is 0 Å². The van der Waals surface area contributed by atoms with Gasteiger partial charge in [-0.3, -0.25) is 4.79 Å². The van der Waals surface area contributed by atoms with Gasteiger partial charge in [-0.2, -0.15) is 0 Å². The molecule has 0 aromatic carbocycles. The Bertz CT molecular complexity index is 496. The summed E-state index contributed by atoms with van der Waals surface area (Å²) in [7, 11) is 0. The molecule has 116 valence electrons. The lowest BCUT2D eigenvalue weighted by molar-refractivity contribution is -0.117. The first-order valence-corrected chi connectivity index (χ1v) is 8.70. The molecule has 0 radical (unpaired) electrons. The Morgan fingerprint density at radius 1 is 1.43 bits per heavy atom. The van der Waals surface area contributed by atoms with Crippen molar-refractivity contribution in [1.82, 2.24) is 0 Å². The number of carbonyl (C=O) groups is 1. The van der Waals surface area contributed by atoms with Crippen LogP contribution >= 0.6 is 0 Å². The zero-order valence-electron chi connectivity index (χ0n) is 14.1. The van der Waals surface area contributed by atoms with Gasteiger partial charge in [-0.15, -0.1) is 0 Å². The molecule has 0 aliphatic heterocycles. The van der Waals surface area contributed by atoms with Gasteiger partial charge in [0, 0.05) is 6.42 Å². The summed E-state index contributed by atoms with van der Waals surface area (Å²) >= 11 is 0. The van der Waals surface area contributed by atoms with Crippen LogP contribution in [0.3, 0.4) is 0 Å². The summed E-state index contributed by atoms with van der Waals surface area (Å²) in [5, 5.41) is 0. The summed E-state index contributed by atoms with van der Waals surface area (Å²) in [4.78, 5) is 12.1. The molecule has 0 aromatic rings. The summed E-state index contributed by atoms with van der Waals surface area (Å²) in [6.07, 6.45) is 7.87. The van der Waals surface area contributed by atoms with Gasteiger partial charge in [0.15, 0.2) is 5.78 Å². The summed E-state index contributed by atoms with van der Waals surface area (Å²) in [6.45, 7) is 13.2. The van der Waals surface area contributed by atoms with Crippen molar-refractivity contribution < 1.29 is 4.79 Å². The van der Waals surface area contributed by atoms with Crippen molar-refractivity contribution in [3.8, 4) is 0 Å². The van der Waals surface area contributed by atoms with Crippen LogP contribution in [0.15, 0.2) is 23.8 Å². The second-order valence-electron chi connectivity index (χ2n) is 8.43. The minimum absolute atomic E-state index is 0.317. The van der Waals surface area contributed by atoms with Crippen molar-refractivity contribution in [3.63, 3.8) is 0 Å². The SMILES string of the molecule is C=C1CC[C@@H]2[C@H]1[C@H]1[C@@H](C(C)CC(=O)C=C(C)C)CC[C@]12C. The van der Waals surface area contributed by atoms with Gasteiger partial charge >= 0.3 is 0 Å². The van der Waals surface area contributed by atoms with Crippen molar-refractivity contribution in [2.75, 3.05) is 0 Å². The third-order valence-corrected chi connectivity index (χ3v) is 6.86. The topological polar surface area (TPSA) is 17.1 Å². The van der Waals surface area contributed by atoms with E-state index in [2.05, 4.69) is 20.4 Å². The highest BCUT2D eigenvalue weighted by molar-refractivity contribution is 5.90. The van der Waals surface area contributed by atoms with Crippen LogP contribution in [0.4, 0.5) is 0 Å². The molecular weight excluding hydrogens is 256 g/mol. The third-order valence-electron chi connectivity index (χ3n) is 6.86. The van der Waals surface area contributed by atoms with Crippen LogP contribution in [-0.2, 0) is 4.79 Å². The molecule has 3 fully saturated rings. The van der Waals surface area contributed by atoms with E-state index in [-0.39, 0.29) is 0 Å². The van der Waals surface area contributed by atoms with E-state index in [1.165, 1.54) is 31.3 Å². The number of hydrogen-bond acceptors (Lipinski definition) is 1. The molecule has 0 N–H and O–H groups in total. The molecule has 1 heteroatoms. The number of hydrogen-bond donors (Lipinski definition) is 0. The van der Waals surface area contributed by atoms with E-state index >= 15 is 0 Å². The smallest absolute Gasteiger partial charge is 0.155 e. The van der Waals surface area contributed by atoms with Crippen molar-refractivity contribution in [2.24, 2.45) is 35.0 Å². The van der Waals surface area contributed by atoms with E-state index in [0.29, 0.717) is 17.1 Å². The summed E-state index contributed by atoms with van der Waals surface area (Å²) < 4.78 is 0. The molecule has 0 aromatic heterocycles. The van der Waals surface area contributed by atoms with E-state index in [1.807, 2.05) is 19.9 Å². The van der Waals surface area contributed by atoms with Crippen LogP contribution in [0, 0.1) is 35.0 Å². The molecule has 0 heterocycles.